The van der Waals surface area contributed by atoms with E-state index in [1.54, 1.807) is 29.8 Å². The second-order valence-electron chi connectivity index (χ2n) is 6.83. The van der Waals surface area contributed by atoms with Gasteiger partial charge in [0.25, 0.3) is 0 Å². The van der Waals surface area contributed by atoms with Crippen molar-refractivity contribution >= 4 is 56.1 Å². The molecule has 154 valence electrons. The Labute approximate surface area is 182 Å². The third-order valence-corrected chi connectivity index (χ3v) is 5.84. The van der Waals surface area contributed by atoms with Crippen molar-refractivity contribution in [2.24, 2.45) is 0 Å². The molecule has 0 atom stereocenters. The topological polar surface area (TPSA) is 89.0 Å². The lowest BCUT2D eigenvalue weighted by atomic mass is 10.2. The van der Waals surface area contributed by atoms with Gasteiger partial charge >= 0.3 is 5.97 Å². The Hall–Kier alpha value is -3.04. The number of anilines is 3. The summed E-state index contributed by atoms with van der Waals surface area (Å²) in [5, 5.41) is 9.23. The van der Waals surface area contributed by atoms with E-state index >= 15 is 0 Å². The number of pyridine rings is 1. The fraction of sp³-hybridized carbons (Fsp3) is 0.238. The maximum atomic E-state index is 12.0. The summed E-state index contributed by atoms with van der Waals surface area (Å²) in [5.74, 6) is 0.302. The summed E-state index contributed by atoms with van der Waals surface area (Å²) in [5.41, 5.74) is 5.81. The summed E-state index contributed by atoms with van der Waals surface area (Å²) in [7, 11) is 0. The molecular weight excluding hydrogens is 418 g/mol. The van der Waals surface area contributed by atoms with E-state index in [2.05, 4.69) is 45.5 Å². The van der Waals surface area contributed by atoms with Gasteiger partial charge in [-0.2, -0.15) is 0 Å². The number of ether oxygens (including phenoxy) is 1. The number of nitrogens with one attached hydrogen (secondary N) is 2. The number of benzene rings is 1. The highest BCUT2D eigenvalue weighted by molar-refractivity contribution is 7.16. The van der Waals surface area contributed by atoms with Crippen LogP contribution in [0, 0.1) is 0 Å². The predicted molar refractivity (Wildman–Crippen MR) is 123 cm³/mol. The lowest BCUT2D eigenvalue weighted by Crippen LogP contribution is -2.11. The van der Waals surface area contributed by atoms with Gasteiger partial charge in [-0.25, -0.2) is 19.7 Å². The molecule has 0 radical (unpaired) electrons. The van der Waals surface area contributed by atoms with E-state index in [1.165, 1.54) is 11.3 Å². The molecule has 0 spiro atoms. The van der Waals surface area contributed by atoms with Crippen molar-refractivity contribution in [2.45, 2.75) is 26.8 Å². The minimum absolute atomic E-state index is 0.219. The highest BCUT2D eigenvalue weighted by Crippen LogP contribution is 2.33. The van der Waals surface area contributed by atoms with Crippen LogP contribution in [-0.4, -0.2) is 33.6 Å². The largest absolute Gasteiger partial charge is 0.461 e. The molecule has 4 aromatic rings. The molecule has 0 aliphatic rings. The van der Waals surface area contributed by atoms with Gasteiger partial charge in [-0.05, 0) is 39.0 Å². The summed E-state index contributed by atoms with van der Waals surface area (Å²) < 4.78 is 6.16. The molecule has 30 heavy (non-hydrogen) atoms. The Kier molecular flexibility index (Phi) is 5.91. The molecule has 0 bridgehead atoms. The van der Waals surface area contributed by atoms with E-state index in [9.17, 15) is 4.79 Å². The van der Waals surface area contributed by atoms with Crippen molar-refractivity contribution in [3.8, 4) is 10.6 Å². The number of nitrogens with zero attached hydrogens (tertiary/aromatic N) is 3. The number of hydrogen-bond acceptors (Lipinski definition) is 9. The van der Waals surface area contributed by atoms with Crippen molar-refractivity contribution in [2.75, 3.05) is 17.2 Å². The number of carbonyl (C=O) groups is 1. The molecule has 0 unspecified atom stereocenters. The van der Waals surface area contributed by atoms with Crippen molar-refractivity contribution in [1.29, 1.82) is 0 Å². The smallest absolute Gasteiger partial charge is 0.357 e. The zero-order valence-corrected chi connectivity index (χ0v) is 18.4. The van der Waals surface area contributed by atoms with Crippen LogP contribution in [0.5, 0.6) is 0 Å². The average molecular weight is 440 g/mol. The second-order valence-corrected chi connectivity index (χ2v) is 8.58. The molecule has 3 heterocycles. The zero-order valence-electron chi connectivity index (χ0n) is 16.8. The normalized spacial score (nSPS) is 11.1. The van der Waals surface area contributed by atoms with Crippen molar-refractivity contribution < 1.29 is 9.53 Å². The minimum Gasteiger partial charge on any atom is -0.461 e. The Morgan fingerprint density at radius 2 is 2.07 bits per heavy atom. The van der Waals surface area contributed by atoms with Crippen molar-refractivity contribution in [1.82, 2.24) is 15.0 Å². The SMILES string of the molecule is CCOC(=O)c1csc(-c2cnc(Nc3ccc4ncsc4c3)cc2NC(C)C)n1. The number of hydrogen-bond donors (Lipinski definition) is 2. The second kappa shape index (κ2) is 8.76. The Balaban J connectivity index is 1.64. The van der Waals surface area contributed by atoms with E-state index in [4.69, 9.17) is 4.74 Å². The summed E-state index contributed by atoms with van der Waals surface area (Å²) in [6.45, 7) is 6.24. The summed E-state index contributed by atoms with van der Waals surface area (Å²) in [6.07, 6.45) is 1.77. The van der Waals surface area contributed by atoms with Crippen LogP contribution in [0.1, 0.15) is 31.3 Å². The first-order valence-electron chi connectivity index (χ1n) is 9.53. The van der Waals surface area contributed by atoms with Crippen molar-refractivity contribution in [3.63, 3.8) is 0 Å². The highest BCUT2D eigenvalue weighted by Gasteiger charge is 2.16. The number of esters is 1. The Morgan fingerprint density at radius 1 is 1.20 bits per heavy atom. The third kappa shape index (κ3) is 4.42. The lowest BCUT2D eigenvalue weighted by molar-refractivity contribution is 0.0520. The van der Waals surface area contributed by atoms with Crippen LogP contribution in [0.4, 0.5) is 17.2 Å². The van der Waals surface area contributed by atoms with Gasteiger partial charge in [-0.15, -0.1) is 22.7 Å². The number of aromatic nitrogens is 3. The standard InChI is InChI=1S/C21H21N5O2S2/c1-4-28-21(27)17-10-29-20(26-17)14-9-22-19(8-16(14)24-12(2)3)25-13-5-6-15-18(7-13)30-11-23-15/h5-12H,4H2,1-3H3,(H2,22,24,25). The summed E-state index contributed by atoms with van der Waals surface area (Å²) >= 11 is 3.00. The molecule has 0 amide bonds. The van der Waals surface area contributed by atoms with Crippen LogP contribution in [0.2, 0.25) is 0 Å². The fourth-order valence-electron chi connectivity index (χ4n) is 2.90. The van der Waals surface area contributed by atoms with E-state index in [0.717, 1.165) is 27.2 Å². The summed E-state index contributed by atoms with van der Waals surface area (Å²) in [6, 6.07) is 8.21. The number of thiazole rings is 2. The van der Waals surface area contributed by atoms with Crippen LogP contribution in [0.25, 0.3) is 20.8 Å². The first-order chi connectivity index (χ1) is 14.5. The molecule has 2 N–H and O–H groups in total. The molecule has 4 rings (SSSR count). The number of rotatable bonds is 7. The van der Waals surface area contributed by atoms with Gasteiger partial charge in [-0.1, -0.05) is 0 Å². The zero-order chi connectivity index (χ0) is 21.1. The Bertz CT molecular complexity index is 1190. The van der Waals surface area contributed by atoms with E-state index < -0.39 is 5.97 Å². The maximum Gasteiger partial charge on any atom is 0.357 e. The maximum absolute atomic E-state index is 12.0. The highest BCUT2D eigenvalue weighted by atomic mass is 32.1. The van der Waals surface area contributed by atoms with Crippen LogP contribution in [-0.2, 0) is 4.74 Å². The number of fused-ring (bicyclic) bond motifs is 1. The quantitative estimate of drug-likeness (QED) is 0.365. The molecular formula is C21H21N5O2S2. The molecule has 0 saturated heterocycles. The van der Waals surface area contributed by atoms with Crippen LogP contribution in [0.3, 0.4) is 0 Å². The predicted octanol–water partition coefficient (Wildman–Crippen LogP) is 5.56. The van der Waals surface area contributed by atoms with Gasteiger partial charge in [0.1, 0.15) is 10.8 Å². The minimum atomic E-state index is -0.414. The third-order valence-electron chi connectivity index (χ3n) is 4.17. The molecule has 9 heteroatoms. The van der Waals surface area contributed by atoms with Crippen molar-refractivity contribution in [3.05, 3.63) is 47.0 Å². The number of carbonyl (C=O) groups excluding carboxylic acids is 1. The molecule has 3 aromatic heterocycles. The molecule has 0 fully saturated rings. The first kappa shape index (κ1) is 20.2. The lowest BCUT2D eigenvalue weighted by Gasteiger charge is -2.15. The first-order valence-corrected chi connectivity index (χ1v) is 11.3. The molecule has 0 aliphatic heterocycles. The average Bonchev–Trinajstić information content (AvgIpc) is 3.37. The molecule has 1 aromatic carbocycles. The summed E-state index contributed by atoms with van der Waals surface area (Å²) in [4.78, 5) is 25.3. The van der Waals surface area contributed by atoms with E-state index in [-0.39, 0.29) is 6.04 Å². The molecule has 0 saturated carbocycles. The van der Waals surface area contributed by atoms with E-state index in [1.807, 2.05) is 23.7 Å². The van der Waals surface area contributed by atoms with Gasteiger partial charge in [0.05, 0.1) is 27.9 Å². The van der Waals surface area contributed by atoms with Gasteiger partial charge < -0.3 is 15.4 Å². The van der Waals surface area contributed by atoms with Gasteiger partial charge in [0.15, 0.2) is 5.69 Å². The van der Waals surface area contributed by atoms with Gasteiger partial charge in [0, 0.05) is 35.1 Å². The Morgan fingerprint density at radius 3 is 2.87 bits per heavy atom. The van der Waals surface area contributed by atoms with Gasteiger partial charge in [0.2, 0.25) is 0 Å². The monoisotopic (exact) mass is 439 g/mol. The molecule has 0 aliphatic carbocycles. The fourth-order valence-corrected chi connectivity index (χ4v) is 4.43. The van der Waals surface area contributed by atoms with E-state index in [0.29, 0.717) is 23.1 Å². The van der Waals surface area contributed by atoms with Crippen LogP contribution in [0.15, 0.2) is 41.4 Å². The van der Waals surface area contributed by atoms with Gasteiger partial charge in [-0.3, -0.25) is 0 Å². The van der Waals surface area contributed by atoms with Crippen LogP contribution >= 0.6 is 22.7 Å². The van der Waals surface area contributed by atoms with Crippen LogP contribution < -0.4 is 10.6 Å². The molecule has 7 nitrogen and oxygen atoms in total.